The molecule has 0 saturated heterocycles. The van der Waals surface area contributed by atoms with Gasteiger partial charge in [-0.05, 0) is 42.3 Å². The number of aromatic amines is 1. The summed E-state index contributed by atoms with van der Waals surface area (Å²) in [4.78, 5) is 18.1. The molecule has 0 spiro atoms. The van der Waals surface area contributed by atoms with E-state index in [-0.39, 0.29) is 5.91 Å². The summed E-state index contributed by atoms with van der Waals surface area (Å²) in [5, 5.41) is 1.82. The highest BCUT2D eigenvalue weighted by Gasteiger charge is 2.21. The van der Waals surface area contributed by atoms with Gasteiger partial charge in [0.1, 0.15) is 11.5 Å². The summed E-state index contributed by atoms with van der Waals surface area (Å²) in [7, 11) is 3.15. The minimum atomic E-state index is -0.0329. The van der Waals surface area contributed by atoms with Crippen LogP contribution in [0.5, 0.6) is 11.5 Å². The second-order valence-electron chi connectivity index (χ2n) is 6.72. The molecule has 0 radical (unpaired) electrons. The zero-order valence-electron chi connectivity index (χ0n) is 15.8. The Morgan fingerprint density at radius 3 is 2.50 bits per heavy atom. The molecule has 1 N–H and O–H groups in total. The Morgan fingerprint density at radius 2 is 1.86 bits per heavy atom. The summed E-state index contributed by atoms with van der Waals surface area (Å²) in [6, 6.07) is 11.1. The molecule has 2 aromatic carbocycles. The van der Waals surface area contributed by atoms with Crippen LogP contribution in [0.25, 0.3) is 16.5 Å². The highest BCUT2D eigenvalue weighted by atomic mass is 35.5. The lowest BCUT2D eigenvalue weighted by atomic mass is 9.98. The third-order valence-corrected chi connectivity index (χ3v) is 5.32. The summed E-state index contributed by atoms with van der Waals surface area (Å²) in [5.41, 5.74) is 3.99. The number of fused-ring (bicyclic) bond motifs is 1. The molecule has 0 fully saturated rings. The zero-order chi connectivity index (χ0) is 19.7. The molecular weight excluding hydrogens is 376 g/mol. The summed E-state index contributed by atoms with van der Waals surface area (Å²) >= 11 is 6.16. The van der Waals surface area contributed by atoms with Crippen LogP contribution in [0.2, 0.25) is 5.02 Å². The van der Waals surface area contributed by atoms with Gasteiger partial charge in [0.25, 0.3) is 5.91 Å². The predicted octanol–water partition coefficient (Wildman–Crippen LogP) is 4.77. The number of carbonyl (C=O) groups is 1. The number of hydrogen-bond donors (Lipinski definition) is 1. The predicted molar refractivity (Wildman–Crippen MR) is 111 cm³/mol. The van der Waals surface area contributed by atoms with Gasteiger partial charge in [-0.1, -0.05) is 17.7 Å². The average Bonchev–Trinajstić information content (AvgIpc) is 3.15. The summed E-state index contributed by atoms with van der Waals surface area (Å²) < 4.78 is 10.5. The minimum absolute atomic E-state index is 0.0329. The fourth-order valence-electron chi connectivity index (χ4n) is 3.57. The number of benzene rings is 2. The van der Waals surface area contributed by atoms with Crippen molar-refractivity contribution in [3.63, 3.8) is 0 Å². The first-order valence-corrected chi connectivity index (χ1v) is 9.45. The first kappa shape index (κ1) is 18.4. The minimum Gasteiger partial charge on any atom is -0.497 e. The molecule has 1 aliphatic heterocycles. The van der Waals surface area contributed by atoms with E-state index in [1.165, 1.54) is 5.57 Å². The van der Waals surface area contributed by atoms with Gasteiger partial charge in [-0.2, -0.15) is 0 Å². The van der Waals surface area contributed by atoms with Gasteiger partial charge in [0.05, 0.1) is 14.2 Å². The van der Waals surface area contributed by atoms with Crippen LogP contribution in [0.15, 0.2) is 48.7 Å². The SMILES string of the molecule is COc1cc(OC)cc(C(=O)N2CC=C(c3c[nH]c4ccc(Cl)cc34)CC2)c1. The van der Waals surface area contributed by atoms with Gasteiger partial charge in [-0.3, -0.25) is 4.79 Å². The number of methoxy groups -OCH3 is 2. The van der Waals surface area contributed by atoms with Crippen LogP contribution in [0.1, 0.15) is 22.3 Å². The number of amides is 1. The van der Waals surface area contributed by atoms with Crippen molar-refractivity contribution in [1.82, 2.24) is 9.88 Å². The Kier molecular flexibility index (Phi) is 5.01. The maximum atomic E-state index is 12.9. The lowest BCUT2D eigenvalue weighted by Gasteiger charge is -2.27. The second kappa shape index (κ2) is 7.60. The van der Waals surface area contributed by atoms with Gasteiger partial charge >= 0.3 is 0 Å². The number of nitrogens with zero attached hydrogens (tertiary/aromatic N) is 1. The maximum absolute atomic E-state index is 12.9. The maximum Gasteiger partial charge on any atom is 0.254 e. The van der Waals surface area contributed by atoms with E-state index in [0.717, 1.165) is 22.9 Å². The van der Waals surface area contributed by atoms with Crippen LogP contribution in [-0.4, -0.2) is 43.1 Å². The van der Waals surface area contributed by atoms with E-state index in [2.05, 4.69) is 11.1 Å². The lowest BCUT2D eigenvalue weighted by Crippen LogP contribution is -2.34. The monoisotopic (exact) mass is 396 g/mol. The summed E-state index contributed by atoms with van der Waals surface area (Å²) in [6.07, 6.45) is 4.91. The fourth-order valence-corrected chi connectivity index (χ4v) is 3.74. The number of rotatable bonds is 4. The highest BCUT2D eigenvalue weighted by molar-refractivity contribution is 6.31. The van der Waals surface area contributed by atoms with E-state index in [4.69, 9.17) is 21.1 Å². The third kappa shape index (κ3) is 3.45. The molecule has 0 saturated carbocycles. The van der Waals surface area contributed by atoms with E-state index in [9.17, 15) is 4.79 Å². The zero-order valence-corrected chi connectivity index (χ0v) is 16.5. The Balaban J connectivity index is 1.57. The first-order chi connectivity index (χ1) is 13.6. The molecule has 2 heterocycles. The number of halogens is 1. The molecule has 0 atom stereocenters. The quantitative estimate of drug-likeness (QED) is 0.691. The Morgan fingerprint density at radius 1 is 1.11 bits per heavy atom. The molecule has 6 heteroatoms. The number of hydrogen-bond acceptors (Lipinski definition) is 3. The highest BCUT2D eigenvalue weighted by Crippen LogP contribution is 2.31. The van der Waals surface area contributed by atoms with Crippen LogP contribution < -0.4 is 9.47 Å². The molecule has 3 aromatic rings. The molecule has 5 nitrogen and oxygen atoms in total. The molecule has 0 aliphatic carbocycles. The van der Waals surface area contributed by atoms with Gasteiger partial charge in [-0.15, -0.1) is 0 Å². The van der Waals surface area contributed by atoms with Crippen molar-refractivity contribution in [3.8, 4) is 11.5 Å². The molecule has 28 heavy (non-hydrogen) atoms. The van der Waals surface area contributed by atoms with Crippen molar-refractivity contribution < 1.29 is 14.3 Å². The summed E-state index contributed by atoms with van der Waals surface area (Å²) in [5.74, 6) is 1.17. The average molecular weight is 397 g/mol. The molecule has 1 aliphatic rings. The van der Waals surface area contributed by atoms with Crippen LogP contribution in [0, 0.1) is 0 Å². The number of H-pyrrole nitrogens is 1. The largest absolute Gasteiger partial charge is 0.497 e. The molecule has 0 bridgehead atoms. The van der Waals surface area contributed by atoms with E-state index in [1.54, 1.807) is 32.4 Å². The topological polar surface area (TPSA) is 54.6 Å². The van der Waals surface area contributed by atoms with E-state index in [1.807, 2.05) is 29.3 Å². The molecule has 1 aromatic heterocycles. The van der Waals surface area contributed by atoms with E-state index in [0.29, 0.717) is 35.2 Å². The van der Waals surface area contributed by atoms with Gasteiger partial charge in [-0.25, -0.2) is 0 Å². The smallest absolute Gasteiger partial charge is 0.254 e. The molecule has 1 amide bonds. The van der Waals surface area contributed by atoms with Gasteiger partial charge < -0.3 is 19.4 Å². The van der Waals surface area contributed by atoms with Crippen LogP contribution in [-0.2, 0) is 0 Å². The van der Waals surface area contributed by atoms with Crippen molar-refractivity contribution in [3.05, 3.63) is 64.8 Å². The van der Waals surface area contributed by atoms with Crippen LogP contribution in [0.3, 0.4) is 0 Å². The number of carbonyl (C=O) groups excluding carboxylic acids is 1. The Bertz CT molecular complexity index is 1050. The summed E-state index contributed by atoms with van der Waals surface area (Å²) in [6.45, 7) is 1.21. The standard InChI is InChI=1S/C22H21ClN2O3/c1-27-17-9-15(10-18(12-17)28-2)22(26)25-7-5-14(6-8-25)20-13-24-21-4-3-16(23)11-19(20)21/h3-5,9-13,24H,6-8H2,1-2H3. The molecule has 0 unspecified atom stereocenters. The van der Waals surface area contributed by atoms with Gasteiger partial charge in [0.15, 0.2) is 0 Å². The van der Waals surface area contributed by atoms with Crippen molar-refractivity contribution in [2.75, 3.05) is 27.3 Å². The van der Waals surface area contributed by atoms with Crippen molar-refractivity contribution in [2.24, 2.45) is 0 Å². The van der Waals surface area contributed by atoms with Gasteiger partial charge in [0, 0.05) is 52.4 Å². The molecule has 144 valence electrons. The normalized spacial score (nSPS) is 14.1. The van der Waals surface area contributed by atoms with E-state index < -0.39 is 0 Å². The van der Waals surface area contributed by atoms with Crippen molar-refractivity contribution in [2.45, 2.75) is 6.42 Å². The first-order valence-electron chi connectivity index (χ1n) is 9.07. The number of aromatic nitrogens is 1. The number of ether oxygens (including phenoxy) is 2. The number of nitrogens with one attached hydrogen (secondary N) is 1. The van der Waals surface area contributed by atoms with Crippen molar-refractivity contribution in [1.29, 1.82) is 0 Å². The van der Waals surface area contributed by atoms with Crippen LogP contribution in [0.4, 0.5) is 0 Å². The van der Waals surface area contributed by atoms with Crippen molar-refractivity contribution >= 4 is 34.0 Å². The lowest BCUT2D eigenvalue weighted by molar-refractivity contribution is 0.0772. The Hall–Kier alpha value is -2.92. The van der Waals surface area contributed by atoms with Crippen LogP contribution >= 0.6 is 11.6 Å². The Labute approximate surface area is 168 Å². The molecular formula is C22H21ClN2O3. The fraction of sp³-hybridized carbons (Fsp3) is 0.227. The third-order valence-electron chi connectivity index (χ3n) is 5.08. The van der Waals surface area contributed by atoms with Gasteiger partial charge in [0.2, 0.25) is 0 Å². The molecule has 4 rings (SSSR count). The second-order valence-corrected chi connectivity index (χ2v) is 7.16. The van der Waals surface area contributed by atoms with E-state index >= 15 is 0 Å².